The van der Waals surface area contributed by atoms with Crippen LogP contribution in [0, 0.1) is 0 Å². The number of sulfonamides is 1. The molecule has 1 atom stereocenters. The molecule has 1 fully saturated rings. The zero-order valence-electron chi connectivity index (χ0n) is 13.2. The van der Waals surface area contributed by atoms with Gasteiger partial charge in [-0.3, -0.25) is 4.79 Å². The molecule has 0 radical (unpaired) electrons. The van der Waals surface area contributed by atoms with E-state index in [-0.39, 0.29) is 23.2 Å². The van der Waals surface area contributed by atoms with Gasteiger partial charge in [-0.1, -0.05) is 11.6 Å². The van der Waals surface area contributed by atoms with Crippen molar-refractivity contribution in [3.05, 3.63) is 51.9 Å². The van der Waals surface area contributed by atoms with Crippen LogP contribution in [0.25, 0.3) is 0 Å². The highest BCUT2D eigenvalue weighted by Gasteiger charge is 2.32. The lowest BCUT2D eigenvalue weighted by Crippen LogP contribution is -2.29. The molecule has 3 rings (SSSR count). The van der Waals surface area contributed by atoms with Crippen LogP contribution in [0.1, 0.15) is 21.7 Å². The van der Waals surface area contributed by atoms with Gasteiger partial charge < -0.3 is 10.4 Å². The summed E-state index contributed by atoms with van der Waals surface area (Å²) in [5, 5.41) is 12.8. The van der Waals surface area contributed by atoms with Crippen molar-refractivity contribution >= 4 is 38.9 Å². The summed E-state index contributed by atoms with van der Waals surface area (Å²) in [6.45, 7) is 0.692. The summed E-state index contributed by atoms with van der Waals surface area (Å²) in [7, 11) is -3.58. The van der Waals surface area contributed by atoms with Crippen LogP contribution >= 0.6 is 22.9 Å². The topological polar surface area (TPSA) is 86.7 Å². The Kier molecular flexibility index (Phi) is 5.45. The summed E-state index contributed by atoms with van der Waals surface area (Å²) in [6, 6.07) is 9.75. The van der Waals surface area contributed by atoms with Crippen LogP contribution in [0.2, 0.25) is 5.02 Å². The minimum atomic E-state index is -3.58. The molecule has 0 bridgehead atoms. The maximum absolute atomic E-state index is 12.5. The summed E-state index contributed by atoms with van der Waals surface area (Å²) in [4.78, 5) is 12.8. The molecule has 0 aliphatic carbocycles. The summed E-state index contributed by atoms with van der Waals surface area (Å²) in [5.74, 6) is -0.253. The lowest BCUT2D eigenvalue weighted by Gasteiger charge is -2.13. The van der Waals surface area contributed by atoms with Crippen LogP contribution < -0.4 is 5.32 Å². The van der Waals surface area contributed by atoms with Crippen molar-refractivity contribution in [3.8, 4) is 0 Å². The van der Waals surface area contributed by atoms with Gasteiger partial charge in [-0.05, 0) is 42.8 Å². The summed E-state index contributed by atoms with van der Waals surface area (Å²) in [6.07, 6.45) is -0.151. The van der Waals surface area contributed by atoms with E-state index in [1.165, 1.54) is 10.4 Å². The minimum absolute atomic E-state index is 0.128. The predicted octanol–water partition coefficient (Wildman–Crippen LogP) is 2.09. The largest absolute Gasteiger partial charge is 0.392 e. The zero-order valence-corrected chi connectivity index (χ0v) is 15.6. The SMILES string of the molecule is O=C(NCc1ccc(S(=O)(=O)N2CC[C@@H](O)C2)s1)c1ccc(Cl)cc1. The second-order valence-corrected chi connectivity index (χ2v) is 9.49. The number of β-amino-alcohol motifs (C(OH)–C–C–N with tert-alkyl or cyclic N) is 1. The molecule has 0 unspecified atom stereocenters. The number of benzene rings is 1. The van der Waals surface area contributed by atoms with Gasteiger partial charge in [0.15, 0.2) is 0 Å². The molecule has 9 heteroatoms. The van der Waals surface area contributed by atoms with Gasteiger partial charge in [-0.15, -0.1) is 11.3 Å². The number of nitrogens with one attached hydrogen (secondary N) is 1. The van der Waals surface area contributed by atoms with Crippen LogP contribution in [0.15, 0.2) is 40.6 Å². The number of rotatable bonds is 5. The Bertz CT molecular complexity index is 865. The third kappa shape index (κ3) is 4.21. The minimum Gasteiger partial charge on any atom is -0.392 e. The third-order valence-electron chi connectivity index (χ3n) is 3.89. The average Bonchev–Trinajstić information content (AvgIpc) is 3.23. The highest BCUT2D eigenvalue weighted by molar-refractivity contribution is 7.91. The average molecular weight is 401 g/mol. The van der Waals surface area contributed by atoms with Crippen LogP contribution in [-0.4, -0.2) is 42.9 Å². The Labute approximate surface area is 155 Å². The second kappa shape index (κ2) is 7.43. The highest BCUT2D eigenvalue weighted by atomic mass is 35.5. The molecule has 1 saturated heterocycles. The molecule has 2 heterocycles. The van der Waals surface area contributed by atoms with Crippen molar-refractivity contribution in [2.24, 2.45) is 0 Å². The number of thiophene rings is 1. The molecule has 6 nitrogen and oxygen atoms in total. The maximum atomic E-state index is 12.5. The molecule has 1 aromatic heterocycles. The van der Waals surface area contributed by atoms with Crippen molar-refractivity contribution < 1.29 is 18.3 Å². The quantitative estimate of drug-likeness (QED) is 0.804. The lowest BCUT2D eigenvalue weighted by atomic mass is 10.2. The number of nitrogens with zero attached hydrogens (tertiary/aromatic N) is 1. The molecule has 1 amide bonds. The monoisotopic (exact) mass is 400 g/mol. The molecular weight excluding hydrogens is 384 g/mol. The van der Waals surface area contributed by atoms with Crippen LogP contribution in [0.3, 0.4) is 0 Å². The first kappa shape index (κ1) is 18.3. The third-order valence-corrected chi connectivity index (χ3v) is 7.56. The normalized spacial score (nSPS) is 18.4. The van der Waals surface area contributed by atoms with Gasteiger partial charge >= 0.3 is 0 Å². The van der Waals surface area contributed by atoms with Gasteiger partial charge in [0.2, 0.25) is 0 Å². The number of carbonyl (C=O) groups is 1. The smallest absolute Gasteiger partial charge is 0.252 e. The molecule has 0 spiro atoms. The lowest BCUT2D eigenvalue weighted by molar-refractivity contribution is 0.0951. The molecule has 1 aliphatic rings. The fraction of sp³-hybridized carbons (Fsp3) is 0.312. The van der Waals surface area contributed by atoms with Crippen molar-refractivity contribution in [3.63, 3.8) is 0 Å². The van der Waals surface area contributed by atoms with Gasteiger partial charge in [0.1, 0.15) is 4.21 Å². The van der Waals surface area contributed by atoms with E-state index in [2.05, 4.69) is 5.32 Å². The second-order valence-electron chi connectivity index (χ2n) is 5.72. The maximum Gasteiger partial charge on any atom is 0.252 e. The standard InChI is InChI=1S/C16H17ClN2O4S2/c17-12-3-1-11(2-4-12)16(21)18-9-14-5-6-15(24-14)25(22,23)19-8-7-13(20)10-19/h1-6,13,20H,7-10H2,(H,18,21)/t13-/m1/s1. The first-order valence-corrected chi connectivity index (χ1v) is 10.3. The highest BCUT2D eigenvalue weighted by Crippen LogP contribution is 2.27. The van der Waals surface area contributed by atoms with E-state index in [1.807, 2.05) is 0 Å². The van der Waals surface area contributed by atoms with Crippen molar-refractivity contribution in [2.75, 3.05) is 13.1 Å². The van der Waals surface area contributed by atoms with Gasteiger partial charge in [-0.25, -0.2) is 8.42 Å². The number of carbonyl (C=O) groups excluding carboxylic acids is 1. The van der Waals surface area contributed by atoms with E-state index in [9.17, 15) is 18.3 Å². The van der Waals surface area contributed by atoms with E-state index >= 15 is 0 Å². The summed E-state index contributed by atoms with van der Waals surface area (Å²) >= 11 is 6.91. The molecular formula is C16H17ClN2O4S2. The predicted molar refractivity (Wildman–Crippen MR) is 96.3 cm³/mol. The Balaban J connectivity index is 1.64. The molecule has 0 saturated carbocycles. The molecule has 1 aliphatic heterocycles. The number of halogens is 1. The van der Waals surface area contributed by atoms with E-state index in [1.54, 1.807) is 30.3 Å². The number of aliphatic hydroxyl groups excluding tert-OH is 1. The molecule has 1 aromatic carbocycles. The van der Waals surface area contributed by atoms with Gasteiger partial charge in [0.05, 0.1) is 12.6 Å². The van der Waals surface area contributed by atoms with Gasteiger partial charge in [0, 0.05) is 28.6 Å². The van der Waals surface area contributed by atoms with Crippen molar-refractivity contribution in [1.29, 1.82) is 0 Å². The number of hydrogen-bond donors (Lipinski definition) is 2. The first-order valence-electron chi connectivity index (χ1n) is 7.67. The van der Waals surface area contributed by atoms with E-state index in [0.29, 0.717) is 23.6 Å². The Morgan fingerprint density at radius 3 is 2.64 bits per heavy atom. The van der Waals surface area contributed by atoms with Crippen LogP contribution in [0.4, 0.5) is 0 Å². The molecule has 2 aromatic rings. The van der Waals surface area contributed by atoms with Gasteiger partial charge in [-0.2, -0.15) is 4.31 Å². The molecule has 25 heavy (non-hydrogen) atoms. The Morgan fingerprint density at radius 2 is 2.00 bits per heavy atom. The zero-order chi connectivity index (χ0) is 18.0. The number of amides is 1. The van der Waals surface area contributed by atoms with Crippen LogP contribution in [-0.2, 0) is 16.6 Å². The van der Waals surface area contributed by atoms with Crippen molar-refractivity contribution in [2.45, 2.75) is 23.3 Å². The molecule has 134 valence electrons. The van der Waals surface area contributed by atoms with E-state index in [0.717, 1.165) is 16.2 Å². The van der Waals surface area contributed by atoms with E-state index < -0.39 is 16.1 Å². The fourth-order valence-corrected chi connectivity index (χ4v) is 5.59. The fourth-order valence-electron chi connectivity index (χ4n) is 2.52. The Morgan fingerprint density at radius 1 is 1.28 bits per heavy atom. The summed E-state index contributed by atoms with van der Waals surface area (Å²) < 4.78 is 26.5. The number of aliphatic hydroxyl groups is 1. The van der Waals surface area contributed by atoms with Crippen LogP contribution in [0.5, 0.6) is 0 Å². The summed E-state index contributed by atoms with van der Waals surface area (Å²) in [5.41, 5.74) is 0.486. The van der Waals surface area contributed by atoms with Gasteiger partial charge in [0.25, 0.3) is 15.9 Å². The number of hydrogen-bond acceptors (Lipinski definition) is 5. The Hall–Kier alpha value is -1.45. The first-order chi connectivity index (χ1) is 11.9. The van der Waals surface area contributed by atoms with E-state index in [4.69, 9.17) is 11.6 Å². The van der Waals surface area contributed by atoms with Crippen molar-refractivity contribution in [1.82, 2.24) is 9.62 Å². The molecule has 2 N–H and O–H groups in total.